The first-order valence-corrected chi connectivity index (χ1v) is 13.5. The Morgan fingerprint density at radius 2 is 1.77 bits per heavy atom. The van der Waals surface area contributed by atoms with Crippen molar-refractivity contribution in [1.82, 2.24) is 19.2 Å². The minimum atomic E-state index is -3.82. The smallest absolute Gasteiger partial charge is 0.326 e. The summed E-state index contributed by atoms with van der Waals surface area (Å²) < 4.78 is 36.0. The summed E-state index contributed by atoms with van der Waals surface area (Å²) >= 11 is 0. The molecule has 0 unspecified atom stereocenters. The lowest BCUT2D eigenvalue weighted by atomic mass is 10.0. The number of hydrogen-bond donors (Lipinski definition) is 2. The van der Waals surface area contributed by atoms with Crippen LogP contribution in [0.25, 0.3) is 11.0 Å². The topological polar surface area (TPSA) is 114 Å². The van der Waals surface area contributed by atoms with E-state index in [0.29, 0.717) is 31.5 Å². The molecular formula is C25H30N4O5S. The van der Waals surface area contributed by atoms with Crippen LogP contribution in [-0.2, 0) is 10.0 Å². The zero-order chi connectivity index (χ0) is 24.6. The fourth-order valence-corrected chi connectivity index (χ4v) is 6.79. The highest BCUT2D eigenvalue weighted by atomic mass is 32.2. The van der Waals surface area contributed by atoms with E-state index in [0.717, 1.165) is 36.7 Å². The van der Waals surface area contributed by atoms with Crippen LogP contribution in [0.5, 0.6) is 5.75 Å². The molecule has 0 bridgehead atoms. The molecule has 2 N–H and O–H groups in total. The summed E-state index contributed by atoms with van der Waals surface area (Å²) in [7, 11) is -2.40. The molecule has 9 nitrogen and oxygen atoms in total. The number of H-pyrrole nitrogens is 1. The van der Waals surface area contributed by atoms with Crippen molar-refractivity contribution >= 4 is 27.0 Å². The van der Waals surface area contributed by atoms with E-state index in [2.05, 4.69) is 9.71 Å². The maximum absolute atomic E-state index is 13.3. The summed E-state index contributed by atoms with van der Waals surface area (Å²) in [6, 6.07) is 12.0. The van der Waals surface area contributed by atoms with Gasteiger partial charge in [0, 0.05) is 30.7 Å². The zero-order valence-electron chi connectivity index (χ0n) is 19.7. The first-order valence-electron chi connectivity index (χ1n) is 12.1. The third kappa shape index (κ3) is 4.60. The standard InChI is InChI=1S/C25H30N4O5S/c1-34-22-11-10-17(16-23(22)35(32,33)27-18-6-2-3-7-18)24(30)28-14-12-19(13-15-28)29-21-9-5-4-8-20(21)26-25(29)31/h4-5,8-11,16,18-19,27H,2-3,6-7,12-15H2,1H3,(H,26,31). The molecule has 3 aromatic rings. The number of nitrogens with zero attached hydrogens (tertiary/aromatic N) is 2. The van der Waals surface area contributed by atoms with Crippen molar-refractivity contribution < 1.29 is 17.9 Å². The molecule has 5 rings (SSSR count). The second-order valence-corrected chi connectivity index (χ2v) is 11.0. The van der Waals surface area contributed by atoms with Crippen molar-refractivity contribution in [3.63, 3.8) is 0 Å². The van der Waals surface area contributed by atoms with E-state index in [1.54, 1.807) is 15.5 Å². The number of hydrogen-bond acceptors (Lipinski definition) is 5. The van der Waals surface area contributed by atoms with E-state index >= 15 is 0 Å². The van der Waals surface area contributed by atoms with E-state index < -0.39 is 10.0 Å². The van der Waals surface area contributed by atoms with E-state index in [1.165, 1.54) is 19.2 Å². The molecule has 1 amide bonds. The van der Waals surface area contributed by atoms with E-state index in [4.69, 9.17) is 4.74 Å². The molecule has 1 saturated carbocycles. The van der Waals surface area contributed by atoms with Gasteiger partial charge in [0.2, 0.25) is 10.0 Å². The Kier molecular flexibility index (Phi) is 6.41. The van der Waals surface area contributed by atoms with Gasteiger partial charge in [-0.25, -0.2) is 17.9 Å². The summed E-state index contributed by atoms with van der Waals surface area (Å²) in [5.74, 6) is -0.0147. The number of carbonyl (C=O) groups excluding carboxylic acids is 1. The van der Waals surface area contributed by atoms with Crippen molar-refractivity contribution in [2.24, 2.45) is 0 Å². The van der Waals surface area contributed by atoms with Crippen molar-refractivity contribution in [3.05, 3.63) is 58.5 Å². The van der Waals surface area contributed by atoms with Crippen LogP contribution in [0, 0.1) is 0 Å². The predicted molar refractivity (Wildman–Crippen MR) is 132 cm³/mol. The number of ether oxygens (including phenoxy) is 1. The van der Waals surface area contributed by atoms with Crippen LogP contribution in [0.3, 0.4) is 0 Å². The number of nitrogens with one attached hydrogen (secondary N) is 2. The summed E-state index contributed by atoms with van der Waals surface area (Å²) in [6.45, 7) is 0.952. The van der Waals surface area contributed by atoms with Crippen LogP contribution >= 0.6 is 0 Å². The summed E-state index contributed by atoms with van der Waals surface area (Å²) in [5, 5.41) is 0. The molecule has 35 heavy (non-hydrogen) atoms. The Labute approximate surface area is 204 Å². The van der Waals surface area contributed by atoms with Gasteiger partial charge >= 0.3 is 5.69 Å². The lowest BCUT2D eigenvalue weighted by Gasteiger charge is -2.32. The molecule has 0 radical (unpaired) electrons. The second-order valence-electron chi connectivity index (χ2n) is 9.31. The number of sulfonamides is 1. The Balaban J connectivity index is 1.33. The molecule has 0 spiro atoms. The fraction of sp³-hybridized carbons (Fsp3) is 0.440. The number of benzene rings is 2. The van der Waals surface area contributed by atoms with Gasteiger partial charge in [-0.05, 0) is 56.0 Å². The molecule has 10 heteroatoms. The van der Waals surface area contributed by atoms with Gasteiger partial charge in [0.1, 0.15) is 10.6 Å². The van der Waals surface area contributed by atoms with Gasteiger partial charge in [-0.2, -0.15) is 0 Å². The molecule has 1 saturated heterocycles. The maximum Gasteiger partial charge on any atom is 0.326 e. The number of piperidine rings is 1. The highest BCUT2D eigenvalue weighted by Crippen LogP contribution is 2.29. The van der Waals surface area contributed by atoms with Crippen LogP contribution in [0.1, 0.15) is 54.9 Å². The first-order chi connectivity index (χ1) is 16.9. The largest absolute Gasteiger partial charge is 0.495 e. The van der Waals surface area contributed by atoms with Gasteiger partial charge in [0.05, 0.1) is 18.1 Å². The molecule has 1 aliphatic heterocycles. The van der Waals surface area contributed by atoms with E-state index in [9.17, 15) is 18.0 Å². The van der Waals surface area contributed by atoms with Crippen molar-refractivity contribution in [1.29, 1.82) is 0 Å². The predicted octanol–water partition coefficient (Wildman–Crippen LogP) is 3.04. The summed E-state index contributed by atoms with van der Waals surface area (Å²) in [5.41, 5.74) is 1.83. The van der Waals surface area contributed by atoms with Gasteiger partial charge in [0.25, 0.3) is 5.91 Å². The normalized spacial score (nSPS) is 17.8. The number of likely N-dealkylation sites (tertiary alicyclic amines) is 1. The number of aromatic nitrogens is 2. The molecule has 186 valence electrons. The zero-order valence-corrected chi connectivity index (χ0v) is 20.5. The van der Waals surface area contributed by atoms with E-state index in [-0.39, 0.29) is 34.3 Å². The summed E-state index contributed by atoms with van der Waals surface area (Å²) in [4.78, 5) is 30.4. The maximum atomic E-state index is 13.3. The molecule has 2 fully saturated rings. The molecule has 1 aliphatic carbocycles. The van der Waals surface area contributed by atoms with Crippen molar-refractivity contribution in [3.8, 4) is 5.75 Å². The second kappa shape index (κ2) is 9.50. The third-order valence-corrected chi connectivity index (χ3v) is 8.66. The van der Waals surface area contributed by atoms with Gasteiger partial charge in [-0.15, -0.1) is 0 Å². The minimum Gasteiger partial charge on any atom is -0.495 e. The Morgan fingerprint density at radius 3 is 2.49 bits per heavy atom. The average Bonchev–Trinajstić information content (AvgIpc) is 3.49. The van der Waals surface area contributed by atoms with Crippen molar-refractivity contribution in [2.75, 3.05) is 20.2 Å². The van der Waals surface area contributed by atoms with Crippen LogP contribution in [0.2, 0.25) is 0 Å². The summed E-state index contributed by atoms with van der Waals surface area (Å²) in [6.07, 6.45) is 4.91. The molecule has 1 aromatic heterocycles. The van der Waals surface area contributed by atoms with Crippen LogP contribution in [-0.4, -0.2) is 55.0 Å². The molecule has 0 atom stereocenters. The van der Waals surface area contributed by atoms with Gasteiger partial charge < -0.3 is 14.6 Å². The van der Waals surface area contributed by atoms with Gasteiger partial charge in [0.15, 0.2) is 0 Å². The number of para-hydroxylation sites is 2. The van der Waals surface area contributed by atoms with Crippen molar-refractivity contribution in [2.45, 2.75) is 55.5 Å². The number of fused-ring (bicyclic) bond motifs is 1. The Hall–Kier alpha value is -3.11. The minimum absolute atomic E-state index is 0.00915. The molecule has 2 heterocycles. The lowest BCUT2D eigenvalue weighted by Crippen LogP contribution is -2.40. The van der Waals surface area contributed by atoms with Crippen LogP contribution in [0.4, 0.5) is 0 Å². The third-order valence-electron chi connectivity index (χ3n) is 7.12. The fourth-order valence-electron chi connectivity index (χ4n) is 5.29. The molecule has 2 aliphatic rings. The average molecular weight is 499 g/mol. The first kappa shape index (κ1) is 23.6. The lowest BCUT2D eigenvalue weighted by molar-refractivity contribution is 0.0694. The molecule has 2 aromatic carbocycles. The Morgan fingerprint density at radius 1 is 1.06 bits per heavy atom. The van der Waals surface area contributed by atoms with Crippen LogP contribution in [0.15, 0.2) is 52.2 Å². The number of aromatic amines is 1. The van der Waals surface area contributed by atoms with Gasteiger partial charge in [-0.3, -0.25) is 9.36 Å². The monoisotopic (exact) mass is 498 g/mol. The molecular weight excluding hydrogens is 468 g/mol. The van der Waals surface area contributed by atoms with E-state index in [1.807, 2.05) is 24.3 Å². The highest BCUT2D eigenvalue weighted by Gasteiger charge is 2.30. The number of rotatable bonds is 6. The van der Waals surface area contributed by atoms with Crippen LogP contribution < -0.4 is 15.1 Å². The highest BCUT2D eigenvalue weighted by molar-refractivity contribution is 7.89. The number of imidazole rings is 1. The van der Waals surface area contributed by atoms with Gasteiger partial charge in [-0.1, -0.05) is 25.0 Å². The Bertz CT molecular complexity index is 1400. The quantitative estimate of drug-likeness (QED) is 0.542. The number of carbonyl (C=O) groups is 1. The SMILES string of the molecule is COc1ccc(C(=O)N2CCC(n3c(=O)[nH]c4ccccc43)CC2)cc1S(=O)(=O)NC1CCCC1. The number of amides is 1. The number of methoxy groups -OCH3 is 1.